The molecule has 1 saturated carbocycles. The van der Waals surface area contributed by atoms with Crippen molar-refractivity contribution in [3.05, 3.63) is 0 Å². The van der Waals surface area contributed by atoms with Crippen LogP contribution in [0.4, 0.5) is 0 Å². The van der Waals surface area contributed by atoms with Gasteiger partial charge in [0.15, 0.2) is 5.96 Å². The van der Waals surface area contributed by atoms with Crippen molar-refractivity contribution >= 4 is 5.96 Å². The monoisotopic (exact) mass is 338 g/mol. The van der Waals surface area contributed by atoms with Crippen molar-refractivity contribution in [3.8, 4) is 0 Å². The second-order valence-corrected chi connectivity index (χ2v) is 7.17. The van der Waals surface area contributed by atoms with Gasteiger partial charge in [0.2, 0.25) is 0 Å². The smallest absolute Gasteiger partial charge is 0.191 e. The maximum absolute atomic E-state index is 5.66. The molecule has 1 saturated heterocycles. The summed E-state index contributed by atoms with van der Waals surface area (Å²) >= 11 is 0. The van der Waals surface area contributed by atoms with E-state index in [1.165, 1.54) is 64.6 Å². The van der Waals surface area contributed by atoms with Gasteiger partial charge in [0.25, 0.3) is 0 Å². The van der Waals surface area contributed by atoms with Crippen molar-refractivity contribution in [2.24, 2.45) is 10.9 Å². The molecule has 0 aromatic carbocycles. The molecular weight excluding hydrogens is 300 g/mol. The molecule has 0 bridgehead atoms. The number of ether oxygens (including phenoxy) is 1. The normalized spacial score (nSPS) is 20.0. The Bertz CT molecular complexity index is 336. The molecule has 2 aliphatic rings. The number of guanidine groups is 1. The molecule has 2 rings (SSSR count). The predicted octanol–water partition coefficient (Wildman–Crippen LogP) is 2.62. The number of nitrogens with zero attached hydrogens (tertiary/aromatic N) is 2. The fourth-order valence-corrected chi connectivity index (χ4v) is 3.10. The third-order valence-corrected chi connectivity index (χ3v) is 4.75. The highest BCUT2D eigenvalue weighted by Crippen LogP contribution is 2.28. The Morgan fingerprint density at radius 1 is 1.08 bits per heavy atom. The van der Waals surface area contributed by atoms with Crippen LogP contribution in [0.15, 0.2) is 4.99 Å². The number of likely N-dealkylation sites (tertiary alicyclic amines) is 1. The van der Waals surface area contributed by atoms with Gasteiger partial charge in [0.05, 0.1) is 0 Å². The molecule has 0 amide bonds. The Morgan fingerprint density at radius 3 is 2.58 bits per heavy atom. The number of rotatable bonds is 11. The summed E-state index contributed by atoms with van der Waals surface area (Å²) in [6, 6.07) is 0. The minimum atomic E-state index is 0.839. The summed E-state index contributed by atoms with van der Waals surface area (Å²) in [4.78, 5) is 7.27. The zero-order valence-electron chi connectivity index (χ0n) is 15.7. The van der Waals surface area contributed by atoms with Crippen LogP contribution in [0.1, 0.15) is 58.3 Å². The number of nitrogens with one attached hydrogen (secondary N) is 2. The summed E-state index contributed by atoms with van der Waals surface area (Å²) in [6.45, 7) is 10.5. The van der Waals surface area contributed by atoms with Gasteiger partial charge in [-0.2, -0.15) is 0 Å². The highest BCUT2D eigenvalue weighted by Gasteiger charge is 2.20. The van der Waals surface area contributed by atoms with Gasteiger partial charge >= 0.3 is 0 Å². The minimum Gasteiger partial charge on any atom is -0.381 e. The lowest BCUT2D eigenvalue weighted by atomic mass is 10.2. The van der Waals surface area contributed by atoms with Gasteiger partial charge in [-0.3, -0.25) is 4.99 Å². The van der Waals surface area contributed by atoms with Gasteiger partial charge in [0.1, 0.15) is 0 Å². The molecule has 2 N–H and O–H groups in total. The van der Waals surface area contributed by atoms with Crippen LogP contribution in [-0.2, 0) is 4.74 Å². The maximum atomic E-state index is 5.66. The molecule has 0 unspecified atom stereocenters. The zero-order chi connectivity index (χ0) is 16.9. The van der Waals surface area contributed by atoms with Crippen LogP contribution in [0.25, 0.3) is 0 Å². The molecule has 5 heteroatoms. The van der Waals surface area contributed by atoms with E-state index in [2.05, 4.69) is 27.4 Å². The fourth-order valence-electron chi connectivity index (χ4n) is 3.10. The van der Waals surface area contributed by atoms with Gasteiger partial charge < -0.3 is 20.3 Å². The highest BCUT2D eigenvalue weighted by molar-refractivity contribution is 5.79. The van der Waals surface area contributed by atoms with Crippen molar-refractivity contribution in [1.82, 2.24) is 15.5 Å². The Morgan fingerprint density at radius 2 is 1.88 bits per heavy atom. The summed E-state index contributed by atoms with van der Waals surface area (Å²) in [7, 11) is 0. The first kappa shape index (κ1) is 19.5. The van der Waals surface area contributed by atoms with E-state index in [1.54, 1.807) is 0 Å². The van der Waals surface area contributed by atoms with E-state index in [0.29, 0.717) is 0 Å². The van der Waals surface area contributed by atoms with Crippen molar-refractivity contribution in [2.75, 3.05) is 52.5 Å². The summed E-state index contributed by atoms with van der Waals surface area (Å²) in [5.41, 5.74) is 0. The highest BCUT2D eigenvalue weighted by atomic mass is 16.5. The maximum Gasteiger partial charge on any atom is 0.191 e. The third kappa shape index (κ3) is 9.48. The minimum absolute atomic E-state index is 0.839. The van der Waals surface area contributed by atoms with Crippen LogP contribution in [0.2, 0.25) is 0 Å². The van der Waals surface area contributed by atoms with E-state index in [0.717, 1.165) is 51.1 Å². The summed E-state index contributed by atoms with van der Waals surface area (Å²) < 4.78 is 5.66. The lowest BCUT2D eigenvalue weighted by Gasteiger charge is -2.20. The topological polar surface area (TPSA) is 48.9 Å². The molecule has 0 spiro atoms. The average Bonchev–Trinajstić information content (AvgIpc) is 3.42. The molecule has 0 atom stereocenters. The van der Waals surface area contributed by atoms with E-state index in [1.807, 2.05) is 0 Å². The molecule has 0 aromatic rings. The quantitative estimate of drug-likeness (QED) is 0.345. The van der Waals surface area contributed by atoms with E-state index < -0.39 is 0 Å². The molecule has 2 fully saturated rings. The Labute approximate surface area is 148 Å². The van der Waals surface area contributed by atoms with Crippen LogP contribution < -0.4 is 10.6 Å². The first-order chi connectivity index (χ1) is 11.9. The van der Waals surface area contributed by atoms with Gasteiger partial charge in [-0.15, -0.1) is 0 Å². The van der Waals surface area contributed by atoms with Crippen molar-refractivity contribution in [3.63, 3.8) is 0 Å². The van der Waals surface area contributed by atoms with Crippen LogP contribution in [0.5, 0.6) is 0 Å². The SMILES string of the molecule is CCNC(=NCCCOCC1CC1)NCCCN1CCCCCC1. The fraction of sp³-hybridized carbons (Fsp3) is 0.947. The zero-order valence-corrected chi connectivity index (χ0v) is 15.7. The van der Waals surface area contributed by atoms with E-state index in [4.69, 9.17) is 4.74 Å². The molecule has 24 heavy (non-hydrogen) atoms. The number of hydrogen-bond donors (Lipinski definition) is 2. The van der Waals surface area contributed by atoms with Crippen LogP contribution >= 0.6 is 0 Å². The third-order valence-electron chi connectivity index (χ3n) is 4.75. The lowest BCUT2D eigenvalue weighted by molar-refractivity contribution is 0.123. The summed E-state index contributed by atoms with van der Waals surface area (Å²) in [6.07, 6.45) is 10.5. The van der Waals surface area contributed by atoms with Gasteiger partial charge in [-0.1, -0.05) is 12.8 Å². The Kier molecular flexibility index (Phi) is 10.2. The Hall–Kier alpha value is -0.810. The first-order valence-corrected chi connectivity index (χ1v) is 10.2. The van der Waals surface area contributed by atoms with Gasteiger partial charge in [-0.05, 0) is 71.0 Å². The van der Waals surface area contributed by atoms with Crippen molar-refractivity contribution in [2.45, 2.75) is 58.3 Å². The Balaban J connectivity index is 1.51. The standard InChI is InChI=1S/C19H38N4O/c1-2-20-19(22-12-8-16-24-17-18-9-10-18)21-11-7-15-23-13-5-3-4-6-14-23/h18H,2-17H2,1H3,(H2,20,21,22). The van der Waals surface area contributed by atoms with E-state index in [9.17, 15) is 0 Å². The van der Waals surface area contributed by atoms with Crippen LogP contribution in [0.3, 0.4) is 0 Å². The summed E-state index contributed by atoms with van der Waals surface area (Å²) in [5.74, 6) is 1.81. The first-order valence-electron chi connectivity index (χ1n) is 10.2. The molecule has 1 aliphatic heterocycles. The van der Waals surface area contributed by atoms with E-state index in [-0.39, 0.29) is 0 Å². The van der Waals surface area contributed by atoms with Crippen molar-refractivity contribution < 1.29 is 4.74 Å². The molecule has 140 valence electrons. The average molecular weight is 339 g/mol. The van der Waals surface area contributed by atoms with Gasteiger partial charge in [0, 0.05) is 32.8 Å². The van der Waals surface area contributed by atoms with Crippen LogP contribution in [0, 0.1) is 5.92 Å². The second-order valence-electron chi connectivity index (χ2n) is 7.17. The molecular formula is C19H38N4O. The molecule has 0 aromatic heterocycles. The number of aliphatic imine (C=N–C) groups is 1. The largest absolute Gasteiger partial charge is 0.381 e. The summed E-state index contributed by atoms with van der Waals surface area (Å²) in [5, 5.41) is 6.80. The van der Waals surface area contributed by atoms with Gasteiger partial charge in [-0.25, -0.2) is 0 Å². The molecule has 0 radical (unpaired) electrons. The second kappa shape index (κ2) is 12.5. The van der Waals surface area contributed by atoms with Crippen molar-refractivity contribution in [1.29, 1.82) is 0 Å². The lowest BCUT2D eigenvalue weighted by Crippen LogP contribution is -2.39. The molecule has 1 heterocycles. The van der Waals surface area contributed by atoms with Crippen LogP contribution in [-0.4, -0.2) is 63.3 Å². The predicted molar refractivity (Wildman–Crippen MR) is 102 cm³/mol. The number of hydrogen-bond acceptors (Lipinski definition) is 3. The molecule has 1 aliphatic carbocycles. The molecule has 5 nitrogen and oxygen atoms in total. The van der Waals surface area contributed by atoms with E-state index >= 15 is 0 Å².